The molecule has 0 radical (unpaired) electrons. The fraction of sp³-hybridized carbons (Fsp3) is 0.200. The Kier molecular flexibility index (Phi) is 2.18. The van der Waals surface area contributed by atoms with Crippen LogP contribution >= 0.6 is 0 Å². The Morgan fingerprint density at radius 2 is 2.50 bits per heavy atom. The molecule has 2 heterocycles. The summed E-state index contributed by atoms with van der Waals surface area (Å²) in [6.07, 6.45) is 3.40. The molecule has 0 bridgehead atoms. The van der Waals surface area contributed by atoms with Gasteiger partial charge in [-0.25, -0.2) is 4.98 Å². The van der Waals surface area contributed by atoms with Gasteiger partial charge in [-0.1, -0.05) is 12.7 Å². The molecule has 2 aromatic rings. The maximum Gasteiger partial charge on any atom is 0.218 e. The summed E-state index contributed by atoms with van der Waals surface area (Å²) >= 11 is 0. The van der Waals surface area contributed by atoms with Crippen LogP contribution in [0, 0.1) is 6.92 Å². The number of aromatic nitrogens is 3. The highest BCUT2D eigenvalue weighted by Gasteiger charge is 2.03. The third-order valence-corrected chi connectivity index (χ3v) is 1.80. The van der Waals surface area contributed by atoms with E-state index in [4.69, 9.17) is 4.74 Å². The molecular formula is C10H11N3O. The highest BCUT2D eigenvalue weighted by Crippen LogP contribution is 2.13. The SMILES string of the molecule is C=CCOc1cc(C)nc2ccnn12. The molecule has 4 nitrogen and oxygen atoms in total. The largest absolute Gasteiger partial charge is 0.473 e. The number of hydrogen-bond acceptors (Lipinski definition) is 3. The average Bonchev–Trinajstić information content (AvgIpc) is 2.61. The van der Waals surface area contributed by atoms with Crippen LogP contribution in [0.2, 0.25) is 0 Å². The summed E-state index contributed by atoms with van der Waals surface area (Å²) in [6.45, 7) is 5.99. The van der Waals surface area contributed by atoms with Crippen LogP contribution in [0.3, 0.4) is 0 Å². The monoisotopic (exact) mass is 189 g/mol. The van der Waals surface area contributed by atoms with Crippen molar-refractivity contribution in [3.05, 3.63) is 36.7 Å². The topological polar surface area (TPSA) is 39.4 Å². The highest BCUT2D eigenvalue weighted by atomic mass is 16.5. The second kappa shape index (κ2) is 3.49. The van der Waals surface area contributed by atoms with E-state index in [9.17, 15) is 0 Å². The molecule has 2 aromatic heterocycles. The van der Waals surface area contributed by atoms with Crippen LogP contribution in [0.4, 0.5) is 0 Å². The molecule has 0 aromatic carbocycles. The lowest BCUT2D eigenvalue weighted by Gasteiger charge is -2.05. The smallest absolute Gasteiger partial charge is 0.218 e. The summed E-state index contributed by atoms with van der Waals surface area (Å²) in [5, 5.41) is 4.11. The van der Waals surface area contributed by atoms with Gasteiger partial charge in [0.25, 0.3) is 0 Å². The van der Waals surface area contributed by atoms with Gasteiger partial charge < -0.3 is 4.74 Å². The summed E-state index contributed by atoms with van der Waals surface area (Å²) in [5.74, 6) is 0.692. The van der Waals surface area contributed by atoms with E-state index in [-0.39, 0.29) is 0 Å². The first-order valence-corrected chi connectivity index (χ1v) is 4.36. The molecule has 0 spiro atoms. The number of hydrogen-bond donors (Lipinski definition) is 0. The zero-order valence-corrected chi connectivity index (χ0v) is 7.97. The molecule has 0 unspecified atom stereocenters. The lowest BCUT2D eigenvalue weighted by molar-refractivity contribution is 0.338. The van der Waals surface area contributed by atoms with Gasteiger partial charge in [0.2, 0.25) is 5.88 Å². The van der Waals surface area contributed by atoms with Gasteiger partial charge in [0, 0.05) is 17.8 Å². The van der Waals surface area contributed by atoms with Crippen LogP contribution in [0.15, 0.2) is 31.0 Å². The van der Waals surface area contributed by atoms with E-state index in [2.05, 4.69) is 16.7 Å². The molecular weight excluding hydrogens is 178 g/mol. The van der Waals surface area contributed by atoms with E-state index < -0.39 is 0 Å². The first-order valence-electron chi connectivity index (χ1n) is 4.36. The van der Waals surface area contributed by atoms with Gasteiger partial charge in [-0.15, -0.1) is 0 Å². The summed E-state index contributed by atoms with van der Waals surface area (Å²) < 4.78 is 7.11. The molecule has 0 saturated heterocycles. The van der Waals surface area contributed by atoms with Crippen molar-refractivity contribution < 1.29 is 4.74 Å². The summed E-state index contributed by atoms with van der Waals surface area (Å²) in [7, 11) is 0. The van der Waals surface area contributed by atoms with Gasteiger partial charge in [0.15, 0.2) is 5.65 Å². The molecule has 14 heavy (non-hydrogen) atoms. The third kappa shape index (κ3) is 1.46. The molecule has 4 heteroatoms. The van der Waals surface area contributed by atoms with Gasteiger partial charge in [-0.05, 0) is 6.92 Å². The van der Waals surface area contributed by atoms with Gasteiger partial charge in [-0.2, -0.15) is 9.61 Å². The average molecular weight is 189 g/mol. The van der Waals surface area contributed by atoms with Crippen LogP contribution in [-0.4, -0.2) is 21.2 Å². The second-order valence-electron chi connectivity index (χ2n) is 2.94. The van der Waals surface area contributed by atoms with E-state index in [1.165, 1.54) is 0 Å². The molecule has 0 N–H and O–H groups in total. The molecule has 0 amide bonds. The number of nitrogens with zero attached hydrogens (tertiary/aromatic N) is 3. The Balaban J connectivity index is 2.49. The van der Waals surface area contributed by atoms with Gasteiger partial charge in [0.1, 0.15) is 6.61 Å². The zero-order chi connectivity index (χ0) is 9.97. The number of aryl methyl sites for hydroxylation is 1. The first kappa shape index (κ1) is 8.74. The van der Waals surface area contributed by atoms with Gasteiger partial charge >= 0.3 is 0 Å². The number of ether oxygens (including phenoxy) is 1. The molecule has 2 rings (SSSR count). The predicted molar refractivity (Wildman–Crippen MR) is 53.4 cm³/mol. The summed E-state index contributed by atoms with van der Waals surface area (Å²) in [4.78, 5) is 4.30. The van der Waals surface area contributed by atoms with E-state index in [0.29, 0.717) is 12.5 Å². The van der Waals surface area contributed by atoms with Crippen LogP contribution in [0.5, 0.6) is 5.88 Å². The van der Waals surface area contributed by atoms with Crippen molar-refractivity contribution >= 4 is 5.65 Å². The minimum absolute atomic E-state index is 0.471. The van der Waals surface area contributed by atoms with Gasteiger partial charge in [-0.3, -0.25) is 0 Å². The molecule has 0 saturated carbocycles. The fourth-order valence-corrected chi connectivity index (χ4v) is 1.25. The van der Waals surface area contributed by atoms with Crippen LogP contribution in [0.1, 0.15) is 5.69 Å². The highest BCUT2D eigenvalue weighted by molar-refractivity contribution is 5.40. The Bertz CT molecular complexity index is 461. The van der Waals surface area contributed by atoms with Crippen molar-refractivity contribution in [2.45, 2.75) is 6.92 Å². The van der Waals surface area contributed by atoms with E-state index in [0.717, 1.165) is 11.3 Å². The lowest BCUT2D eigenvalue weighted by atomic mass is 10.4. The summed E-state index contributed by atoms with van der Waals surface area (Å²) in [6, 6.07) is 3.69. The predicted octanol–water partition coefficient (Wildman–Crippen LogP) is 1.60. The fourth-order valence-electron chi connectivity index (χ4n) is 1.25. The maximum atomic E-state index is 5.45. The number of rotatable bonds is 3. The van der Waals surface area contributed by atoms with Crippen LogP contribution in [0.25, 0.3) is 5.65 Å². The van der Waals surface area contributed by atoms with Crippen molar-refractivity contribution in [2.24, 2.45) is 0 Å². The Labute approximate surface area is 81.8 Å². The van der Waals surface area contributed by atoms with Crippen molar-refractivity contribution in [1.82, 2.24) is 14.6 Å². The lowest BCUT2D eigenvalue weighted by Crippen LogP contribution is -2.02. The standard InChI is InChI=1S/C10H11N3O/c1-3-6-14-10-7-8(2)12-9-4-5-11-13(9)10/h3-5,7H,1,6H2,2H3. The van der Waals surface area contributed by atoms with Crippen LogP contribution in [-0.2, 0) is 0 Å². The van der Waals surface area contributed by atoms with Crippen LogP contribution < -0.4 is 4.74 Å². The molecule has 0 fully saturated rings. The molecule has 0 aliphatic rings. The Hall–Kier alpha value is -1.84. The molecule has 0 atom stereocenters. The second-order valence-corrected chi connectivity index (χ2v) is 2.94. The van der Waals surface area contributed by atoms with E-state index in [1.807, 2.05) is 19.1 Å². The summed E-state index contributed by atoms with van der Waals surface area (Å²) in [5.41, 5.74) is 1.71. The third-order valence-electron chi connectivity index (χ3n) is 1.80. The Morgan fingerprint density at radius 3 is 3.29 bits per heavy atom. The quantitative estimate of drug-likeness (QED) is 0.688. The molecule has 72 valence electrons. The maximum absolute atomic E-state index is 5.45. The zero-order valence-electron chi connectivity index (χ0n) is 7.97. The molecule has 0 aliphatic heterocycles. The van der Waals surface area contributed by atoms with Crippen molar-refractivity contribution in [1.29, 1.82) is 0 Å². The van der Waals surface area contributed by atoms with Gasteiger partial charge in [0.05, 0.1) is 6.20 Å². The van der Waals surface area contributed by atoms with Crippen molar-refractivity contribution in [3.8, 4) is 5.88 Å². The van der Waals surface area contributed by atoms with Crippen molar-refractivity contribution in [2.75, 3.05) is 6.61 Å². The van der Waals surface area contributed by atoms with E-state index in [1.54, 1.807) is 16.8 Å². The number of fused-ring (bicyclic) bond motifs is 1. The Morgan fingerprint density at radius 1 is 1.64 bits per heavy atom. The van der Waals surface area contributed by atoms with Crippen molar-refractivity contribution in [3.63, 3.8) is 0 Å². The minimum Gasteiger partial charge on any atom is -0.473 e. The first-order chi connectivity index (χ1) is 6.81. The van der Waals surface area contributed by atoms with E-state index >= 15 is 0 Å². The minimum atomic E-state index is 0.471. The normalized spacial score (nSPS) is 10.4. The molecule has 0 aliphatic carbocycles.